The van der Waals surface area contributed by atoms with E-state index < -0.39 is 11.7 Å². The van der Waals surface area contributed by atoms with E-state index >= 15 is 0 Å². The zero-order valence-corrected chi connectivity index (χ0v) is 23.6. The Kier molecular flexibility index (Phi) is 7.46. The van der Waals surface area contributed by atoms with Crippen molar-refractivity contribution in [1.29, 1.82) is 0 Å². The predicted molar refractivity (Wildman–Crippen MR) is 151 cm³/mol. The van der Waals surface area contributed by atoms with E-state index in [2.05, 4.69) is 25.3 Å². The lowest BCUT2D eigenvalue weighted by Crippen LogP contribution is -2.66. The normalized spacial score (nSPS) is 18.7. The molecule has 43 heavy (non-hydrogen) atoms. The van der Waals surface area contributed by atoms with E-state index in [1.54, 1.807) is 28.6 Å². The first-order valence-corrected chi connectivity index (χ1v) is 14.0. The molecule has 3 aromatic heterocycles. The standard InChI is InChI=1S/C28H32F3N9O3/c1-2-3-23(41)34-11-24(42)38-6-4-37(5-7-38)12-18-8-21-26(39-14-27(15-39)16-43-17-27)35-25(36-40(21)13-18)19-10-33-22(32)9-20(19)28(29,30)31/h2-3,8-10,13H,4-7,11-12,14-17H2,1H3,(H2,32,33)(H,34,41)/b3-2+. The first-order valence-electron chi connectivity index (χ1n) is 14.0. The molecule has 0 unspecified atom stereocenters. The van der Waals surface area contributed by atoms with Crippen molar-refractivity contribution in [1.82, 2.24) is 34.7 Å². The van der Waals surface area contributed by atoms with E-state index in [1.165, 1.54) is 6.08 Å². The number of carbonyl (C=O) groups is 2. The molecule has 0 atom stereocenters. The summed E-state index contributed by atoms with van der Waals surface area (Å²) in [5, 5.41) is 7.06. The first kappa shape index (κ1) is 28.9. The number of nitrogens with zero attached hydrogens (tertiary/aromatic N) is 7. The number of piperazine rings is 1. The van der Waals surface area contributed by atoms with Gasteiger partial charge in [0.25, 0.3) is 0 Å². The van der Waals surface area contributed by atoms with Gasteiger partial charge in [-0.2, -0.15) is 13.2 Å². The summed E-state index contributed by atoms with van der Waals surface area (Å²) in [7, 11) is 0. The van der Waals surface area contributed by atoms with Gasteiger partial charge in [0.05, 0.1) is 36.3 Å². The first-order chi connectivity index (χ1) is 20.5. The topological polar surface area (TPSA) is 134 Å². The van der Waals surface area contributed by atoms with Crippen LogP contribution in [0.15, 0.2) is 36.7 Å². The van der Waals surface area contributed by atoms with Gasteiger partial charge in [-0.1, -0.05) is 6.08 Å². The average molecular weight is 600 g/mol. The molecule has 3 aliphatic heterocycles. The van der Waals surface area contributed by atoms with Crippen molar-refractivity contribution in [3.8, 4) is 11.4 Å². The van der Waals surface area contributed by atoms with Gasteiger partial charge in [-0.25, -0.2) is 14.5 Å². The van der Waals surface area contributed by atoms with Crippen LogP contribution in [0, 0.1) is 5.41 Å². The largest absolute Gasteiger partial charge is 0.417 e. The van der Waals surface area contributed by atoms with E-state index in [4.69, 9.17) is 10.5 Å². The molecule has 2 amide bonds. The summed E-state index contributed by atoms with van der Waals surface area (Å²) < 4.78 is 48.8. The van der Waals surface area contributed by atoms with Crippen molar-refractivity contribution in [3.05, 3.63) is 47.8 Å². The number of aromatic nitrogens is 4. The summed E-state index contributed by atoms with van der Waals surface area (Å²) in [6.07, 6.45) is 1.18. The molecule has 6 rings (SSSR count). The molecule has 0 radical (unpaired) electrons. The van der Waals surface area contributed by atoms with Crippen LogP contribution in [0.5, 0.6) is 0 Å². The number of nitrogen functional groups attached to an aromatic ring is 1. The average Bonchev–Trinajstić information content (AvgIpc) is 3.32. The van der Waals surface area contributed by atoms with Crippen molar-refractivity contribution in [3.63, 3.8) is 0 Å². The monoisotopic (exact) mass is 599 g/mol. The number of allylic oxidation sites excluding steroid dienone is 1. The summed E-state index contributed by atoms with van der Waals surface area (Å²) in [6.45, 7) is 7.22. The molecule has 3 aliphatic rings. The SMILES string of the molecule is C/C=C/C(=O)NCC(=O)N1CCN(Cc2cc3c(N4CC5(COC5)C4)nc(-c4cnc(N)cc4C(F)(F)F)nn3c2)CC1. The third-order valence-electron chi connectivity index (χ3n) is 8.00. The molecule has 1 spiro atoms. The van der Waals surface area contributed by atoms with Gasteiger partial charge in [0.15, 0.2) is 11.6 Å². The van der Waals surface area contributed by atoms with E-state index in [-0.39, 0.29) is 41.0 Å². The lowest BCUT2D eigenvalue weighted by Gasteiger charge is -2.55. The maximum absolute atomic E-state index is 14.0. The maximum Gasteiger partial charge on any atom is 0.417 e. The number of nitrogens with one attached hydrogen (secondary N) is 1. The molecule has 3 N–H and O–H groups in total. The van der Waals surface area contributed by atoms with Crippen molar-refractivity contribution in [2.24, 2.45) is 5.41 Å². The number of hydrogen-bond acceptors (Lipinski definition) is 9. The Labute approximate surface area is 245 Å². The highest BCUT2D eigenvalue weighted by Crippen LogP contribution is 2.42. The van der Waals surface area contributed by atoms with Gasteiger partial charge in [-0.15, -0.1) is 5.10 Å². The van der Waals surface area contributed by atoms with Crippen LogP contribution in [-0.2, 0) is 27.0 Å². The molecule has 0 saturated carbocycles. The number of fused-ring (bicyclic) bond motifs is 1. The quantitative estimate of drug-likeness (QED) is 0.388. The number of rotatable bonds is 7. The third-order valence-corrected chi connectivity index (χ3v) is 8.00. The summed E-state index contributed by atoms with van der Waals surface area (Å²) in [5.41, 5.74) is 6.06. The van der Waals surface area contributed by atoms with Gasteiger partial charge >= 0.3 is 6.18 Å². The fourth-order valence-electron chi connectivity index (χ4n) is 5.74. The molecule has 3 aromatic rings. The smallest absolute Gasteiger partial charge is 0.384 e. The second-order valence-corrected chi connectivity index (χ2v) is 11.3. The Morgan fingerprint density at radius 2 is 1.91 bits per heavy atom. The fourth-order valence-corrected chi connectivity index (χ4v) is 5.74. The number of pyridine rings is 1. The van der Waals surface area contributed by atoms with E-state index in [0.29, 0.717) is 70.4 Å². The second-order valence-electron chi connectivity index (χ2n) is 11.3. The van der Waals surface area contributed by atoms with Crippen LogP contribution in [0.4, 0.5) is 24.8 Å². The summed E-state index contributed by atoms with van der Waals surface area (Å²) in [5.74, 6) is -0.231. The van der Waals surface area contributed by atoms with E-state index in [9.17, 15) is 22.8 Å². The summed E-state index contributed by atoms with van der Waals surface area (Å²) in [4.78, 5) is 38.6. The number of hydrogen-bond donors (Lipinski definition) is 2. The van der Waals surface area contributed by atoms with E-state index in [0.717, 1.165) is 17.8 Å². The molecule has 0 aromatic carbocycles. The lowest BCUT2D eigenvalue weighted by molar-refractivity contribution is -0.137. The minimum absolute atomic E-state index is 0.0542. The zero-order valence-electron chi connectivity index (χ0n) is 23.6. The van der Waals surface area contributed by atoms with Crippen LogP contribution < -0.4 is 16.0 Å². The van der Waals surface area contributed by atoms with Gasteiger partial charge in [-0.3, -0.25) is 14.5 Å². The molecular formula is C28H32F3N9O3. The number of anilines is 2. The van der Waals surface area contributed by atoms with Crippen LogP contribution in [0.2, 0.25) is 0 Å². The van der Waals surface area contributed by atoms with Crippen molar-refractivity contribution < 1.29 is 27.5 Å². The Morgan fingerprint density at radius 1 is 1.16 bits per heavy atom. The second kappa shape index (κ2) is 11.1. The van der Waals surface area contributed by atoms with Gasteiger partial charge in [0.2, 0.25) is 11.8 Å². The Hall–Kier alpha value is -4.24. The molecule has 3 fully saturated rings. The number of alkyl halides is 3. The van der Waals surface area contributed by atoms with Gasteiger partial charge in [0, 0.05) is 58.2 Å². The molecule has 228 valence electrons. The number of ether oxygens (including phenoxy) is 1. The lowest BCUT2D eigenvalue weighted by atomic mass is 9.78. The number of halogens is 3. The number of carbonyl (C=O) groups excluding carboxylic acids is 2. The van der Waals surface area contributed by atoms with Crippen LogP contribution in [0.3, 0.4) is 0 Å². The van der Waals surface area contributed by atoms with Crippen molar-refractivity contribution in [2.45, 2.75) is 19.6 Å². The molecule has 6 heterocycles. The van der Waals surface area contributed by atoms with Crippen LogP contribution >= 0.6 is 0 Å². The third kappa shape index (κ3) is 5.86. The fraction of sp³-hybridized carbons (Fsp3) is 0.464. The van der Waals surface area contributed by atoms with Gasteiger partial charge in [-0.05, 0) is 30.7 Å². The highest BCUT2D eigenvalue weighted by atomic mass is 19.4. The summed E-state index contributed by atoms with van der Waals surface area (Å²) >= 11 is 0. The Morgan fingerprint density at radius 3 is 2.56 bits per heavy atom. The minimum atomic E-state index is -4.67. The zero-order chi connectivity index (χ0) is 30.4. The Balaban J connectivity index is 1.22. The molecule has 15 heteroatoms. The van der Waals surface area contributed by atoms with Crippen molar-refractivity contribution >= 4 is 29.0 Å². The van der Waals surface area contributed by atoms with Crippen LogP contribution in [0.25, 0.3) is 16.9 Å². The minimum Gasteiger partial charge on any atom is -0.384 e. The number of nitrogens with two attached hydrogens (primary N) is 1. The molecular weight excluding hydrogens is 567 g/mol. The predicted octanol–water partition coefficient (Wildman–Crippen LogP) is 1.57. The van der Waals surface area contributed by atoms with Crippen LogP contribution in [-0.4, -0.2) is 100 Å². The van der Waals surface area contributed by atoms with Gasteiger partial charge in [0.1, 0.15) is 11.3 Å². The van der Waals surface area contributed by atoms with Crippen molar-refractivity contribution in [2.75, 3.05) is 69.7 Å². The molecule has 12 nitrogen and oxygen atoms in total. The molecule has 0 aliphatic carbocycles. The van der Waals surface area contributed by atoms with E-state index in [1.807, 2.05) is 11.0 Å². The number of amides is 2. The highest BCUT2D eigenvalue weighted by Gasteiger charge is 2.50. The molecule has 0 bridgehead atoms. The highest BCUT2D eigenvalue weighted by molar-refractivity contribution is 5.91. The Bertz CT molecular complexity index is 1570. The van der Waals surface area contributed by atoms with Gasteiger partial charge < -0.3 is 25.6 Å². The van der Waals surface area contributed by atoms with Crippen LogP contribution in [0.1, 0.15) is 18.1 Å². The summed E-state index contributed by atoms with van der Waals surface area (Å²) in [6, 6.07) is 2.76. The maximum atomic E-state index is 14.0. The molecule has 3 saturated heterocycles.